The minimum atomic E-state index is -0.690. The summed E-state index contributed by atoms with van der Waals surface area (Å²) in [5.74, 6) is -0.0955. The third-order valence-corrected chi connectivity index (χ3v) is 4.24. The molecule has 1 N–H and O–H groups in total. The summed E-state index contributed by atoms with van der Waals surface area (Å²) in [5, 5.41) is 10.5. The number of benzene rings is 1. The molecule has 0 saturated carbocycles. The maximum Gasteiger partial charge on any atom is 0.230 e. The van der Waals surface area contributed by atoms with Crippen molar-refractivity contribution in [1.29, 1.82) is 0 Å². The predicted molar refractivity (Wildman–Crippen MR) is 64.6 cm³/mol. The second-order valence-electron chi connectivity index (χ2n) is 5.05. The first-order valence-electron chi connectivity index (χ1n) is 6.18. The van der Waals surface area contributed by atoms with Gasteiger partial charge >= 0.3 is 0 Å². The van der Waals surface area contributed by atoms with Gasteiger partial charge in [0.15, 0.2) is 5.72 Å². The van der Waals surface area contributed by atoms with E-state index in [0.29, 0.717) is 12.8 Å². The van der Waals surface area contributed by atoms with Gasteiger partial charge in [0.25, 0.3) is 0 Å². The van der Waals surface area contributed by atoms with Gasteiger partial charge in [0.2, 0.25) is 5.91 Å². The van der Waals surface area contributed by atoms with Crippen molar-refractivity contribution in [3.63, 3.8) is 0 Å². The van der Waals surface area contributed by atoms with Crippen molar-refractivity contribution >= 4 is 11.6 Å². The van der Waals surface area contributed by atoms with Crippen molar-refractivity contribution in [2.75, 3.05) is 4.90 Å². The van der Waals surface area contributed by atoms with E-state index in [4.69, 9.17) is 4.74 Å². The van der Waals surface area contributed by atoms with Crippen molar-refractivity contribution in [2.45, 2.75) is 24.7 Å². The maximum absolute atomic E-state index is 12.2. The van der Waals surface area contributed by atoms with Crippen molar-refractivity contribution < 1.29 is 14.6 Å². The van der Waals surface area contributed by atoms with Crippen LogP contribution >= 0.6 is 0 Å². The van der Waals surface area contributed by atoms with E-state index in [1.165, 1.54) is 0 Å². The predicted octanol–water partition coefficient (Wildman–Crippen LogP) is 1.72. The molecule has 92 valence electrons. The minimum absolute atomic E-state index is 0.0723. The number of para-hydroxylation sites is 1. The number of hydrogen-bond acceptors (Lipinski definition) is 3. The number of aliphatic hydroxyl groups excluding tert-OH is 1. The minimum Gasteiger partial charge on any atom is -0.475 e. The fourth-order valence-corrected chi connectivity index (χ4v) is 3.44. The number of anilines is 1. The van der Waals surface area contributed by atoms with Crippen molar-refractivity contribution in [3.8, 4) is 0 Å². The van der Waals surface area contributed by atoms with Crippen LogP contribution in [0.4, 0.5) is 5.69 Å². The summed E-state index contributed by atoms with van der Waals surface area (Å²) in [6, 6.07) is 7.52. The molecule has 3 aliphatic heterocycles. The quantitative estimate of drug-likeness (QED) is 0.754. The molecule has 1 aromatic carbocycles. The Labute approximate surface area is 104 Å². The van der Waals surface area contributed by atoms with E-state index >= 15 is 0 Å². The highest BCUT2D eigenvalue weighted by molar-refractivity contribution is 5.98. The topological polar surface area (TPSA) is 49.8 Å². The maximum atomic E-state index is 12.2. The molecule has 4 rings (SSSR count). The molecule has 3 aliphatic rings. The van der Waals surface area contributed by atoms with Gasteiger partial charge in [-0.3, -0.25) is 9.69 Å². The number of amides is 1. The Bertz CT molecular complexity index is 568. The lowest BCUT2D eigenvalue weighted by Gasteiger charge is -2.45. The molecule has 3 atom stereocenters. The number of carbonyl (C=O) groups is 1. The van der Waals surface area contributed by atoms with Gasteiger partial charge in [-0.2, -0.15) is 0 Å². The van der Waals surface area contributed by atoms with Gasteiger partial charge in [0.05, 0.1) is 24.0 Å². The molecule has 4 nitrogen and oxygen atoms in total. The first kappa shape index (κ1) is 10.1. The van der Waals surface area contributed by atoms with E-state index in [0.717, 1.165) is 11.3 Å². The lowest BCUT2D eigenvalue weighted by atomic mass is 9.81. The fourth-order valence-electron chi connectivity index (χ4n) is 3.44. The first-order valence-corrected chi connectivity index (χ1v) is 6.18. The lowest BCUT2D eigenvalue weighted by molar-refractivity contribution is -0.119. The largest absolute Gasteiger partial charge is 0.475 e. The molecule has 1 amide bonds. The zero-order valence-electron chi connectivity index (χ0n) is 9.74. The third-order valence-electron chi connectivity index (χ3n) is 4.24. The highest BCUT2D eigenvalue weighted by atomic mass is 16.5. The van der Waals surface area contributed by atoms with E-state index in [1.54, 1.807) is 11.2 Å². The van der Waals surface area contributed by atoms with Gasteiger partial charge in [0.1, 0.15) is 0 Å². The average molecular weight is 243 g/mol. The average Bonchev–Trinajstić information content (AvgIpc) is 2.95. The second kappa shape index (κ2) is 3.14. The van der Waals surface area contributed by atoms with E-state index < -0.39 is 11.8 Å². The molecule has 1 spiro atoms. The first-order chi connectivity index (χ1) is 8.74. The van der Waals surface area contributed by atoms with Gasteiger partial charge in [-0.1, -0.05) is 18.2 Å². The zero-order valence-corrected chi connectivity index (χ0v) is 9.74. The van der Waals surface area contributed by atoms with Crippen molar-refractivity contribution in [3.05, 3.63) is 42.2 Å². The van der Waals surface area contributed by atoms with Crippen LogP contribution in [0.25, 0.3) is 0 Å². The summed E-state index contributed by atoms with van der Waals surface area (Å²) >= 11 is 0. The fraction of sp³-hybridized carbons (Fsp3) is 0.357. The van der Waals surface area contributed by atoms with Gasteiger partial charge in [-0.05, 0) is 12.1 Å². The van der Waals surface area contributed by atoms with Crippen LogP contribution in [-0.4, -0.2) is 16.7 Å². The molecule has 0 bridgehead atoms. The Hall–Kier alpha value is -1.81. The van der Waals surface area contributed by atoms with Crippen LogP contribution in [0.3, 0.4) is 0 Å². The highest BCUT2D eigenvalue weighted by Crippen LogP contribution is 2.54. The number of rotatable bonds is 0. The Morgan fingerprint density at radius 1 is 1.39 bits per heavy atom. The van der Waals surface area contributed by atoms with Gasteiger partial charge in [0, 0.05) is 18.4 Å². The number of hydrogen-bond donors (Lipinski definition) is 1. The summed E-state index contributed by atoms with van der Waals surface area (Å²) in [7, 11) is 0. The number of ether oxygens (including phenoxy) is 1. The van der Waals surface area contributed by atoms with E-state index in [2.05, 4.69) is 0 Å². The molecule has 4 heteroatoms. The smallest absolute Gasteiger partial charge is 0.230 e. The van der Waals surface area contributed by atoms with Crippen LogP contribution in [0.1, 0.15) is 24.5 Å². The molecular formula is C14H13NO3. The highest BCUT2D eigenvalue weighted by Gasteiger charge is 2.60. The summed E-state index contributed by atoms with van der Waals surface area (Å²) in [6.45, 7) is 0. The Balaban J connectivity index is 1.99. The Morgan fingerprint density at radius 3 is 3.11 bits per heavy atom. The molecule has 0 aromatic heterocycles. The molecule has 3 heterocycles. The number of aliphatic hydroxyl groups is 1. The van der Waals surface area contributed by atoms with Crippen LogP contribution < -0.4 is 4.90 Å². The number of fused-ring (bicyclic) bond motifs is 2. The molecule has 1 fully saturated rings. The van der Waals surface area contributed by atoms with Crippen LogP contribution in [0, 0.1) is 5.92 Å². The summed E-state index contributed by atoms with van der Waals surface area (Å²) in [4.78, 5) is 13.9. The number of carbonyl (C=O) groups excluding carboxylic acids is 1. The molecule has 1 unspecified atom stereocenters. The van der Waals surface area contributed by atoms with E-state index in [9.17, 15) is 9.90 Å². The third kappa shape index (κ3) is 0.980. The summed E-state index contributed by atoms with van der Waals surface area (Å²) < 4.78 is 5.73. The lowest BCUT2D eigenvalue weighted by Crippen LogP contribution is -2.55. The van der Waals surface area contributed by atoms with Gasteiger partial charge in [-0.15, -0.1) is 0 Å². The van der Waals surface area contributed by atoms with Crippen LogP contribution in [0.2, 0.25) is 0 Å². The summed E-state index contributed by atoms with van der Waals surface area (Å²) in [5.41, 5.74) is 0.904. The second-order valence-corrected chi connectivity index (χ2v) is 5.05. The Kier molecular flexibility index (Phi) is 1.77. The van der Waals surface area contributed by atoms with E-state index in [-0.39, 0.29) is 11.8 Å². The molecule has 0 aliphatic carbocycles. The van der Waals surface area contributed by atoms with Crippen LogP contribution in [0.5, 0.6) is 0 Å². The summed E-state index contributed by atoms with van der Waals surface area (Å²) in [6.07, 6.45) is 3.98. The zero-order chi connectivity index (χ0) is 12.3. The molecule has 1 aromatic rings. The number of nitrogens with zero attached hydrogens (tertiary/aromatic N) is 1. The molecule has 18 heavy (non-hydrogen) atoms. The monoisotopic (exact) mass is 243 g/mol. The molecule has 0 radical (unpaired) electrons. The van der Waals surface area contributed by atoms with Gasteiger partial charge < -0.3 is 9.84 Å². The molecular weight excluding hydrogens is 230 g/mol. The van der Waals surface area contributed by atoms with Crippen LogP contribution in [0.15, 0.2) is 36.6 Å². The Morgan fingerprint density at radius 2 is 2.22 bits per heavy atom. The van der Waals surface area contributed by atoms with Crippen molar-refractivity contribution in [1.82, 2.24) is 0 Å². The molecule has 1 saturated heterocycles. The van der Waals surface area contributed by atoms with Gasteiger partial charge in [-0.25, -0.2) is 0 Å². The standard InChI is InChI=1S/C14H13NO3/c16-12-5-7-14-10(6-8-18-14)13(17)9-3-1-2-4-11(9)15(12)14/h1-4,6,8,10,13,17H,5,7H2/t10?,13-,14+/m1/s1. The van der Waals surface area contributed by atoms with Crippen molar-refractivity contribution in [2.24, 2.45) is 5.92 Å². The van der Waals surface area contributed by atoms with E-state index in [1.807, 2.05) is 30.3 Å². The SMILES string of the molecule is O=C1CC[C@]23OC=CC2[C@H](O)c2ccccc2N13. The normalized spacial score (nSPS) is 36.1. The van der Waals surface area contributed by atoms with Crippen LogP contribution in [-0.2, 0) is 9.53 Å².